The predicted octanol–water partition coefficient (Wildman–Crippen LogP) is 2.59. The molecule has 2 atom stereocenters. The van der Waals surface area contributed by atoms with Crippen molar-refractivity contribution in [1.29, 1.82) is 0 Å². The molecular formula is C23H27N3O3S. The minimum atomic E-state index is -0.657. The first-order chi connectivity index (χ1) is 14.5. The van der Waals surface area contributed by atoms with Gasteiger partial charge >= 0.3 is 0 Å². The molecule has 158 valence electrons. The van der Waals surface area contributed by atoms with Crippen LogP contribution in [-0.2, 0) is 20.8 Å². The summed E-state index contributed by atoms with van der Waals surface area (Å²) in [4.78, 5) is 40.4. The van der Waals surface area contributed by atoms with Crippen molar-refractivity contribution in [2.75, 3.05) is 20.1 Å². The van der Waals surface area contributed by atoms with E-state index in [2.05, 4.69) is 46.3 Å². The second kappa shape index (κ2) is 8.60. The molecule has 2 aliphatic heterocycles. The number of hydrogen-bond acceptors (Lipinski definition) is 4. The summed E-state index contributed by atoms with van der Waals surface area (Å²) < 4.78 is 0. The largest absolute Gasteiger partial charge is 0.359 e. The number of thiophene rings is 1. The number of likely N-dealkylation sites (tertiary alicyclic amines) is 1. The van der Waals surface area contributed by atoms with Gasteiger partial charge in [0.2, 0.25) is 17.7 Å². The smallest absolute Gasteiger partial charge is 0.245 e. The number of amides is 3. The van der Waals surface area contributed by atoms with Gasteiger partial charge in [0, 0.05) is 31.4 Å². The van der Waals surface area contributed by atoms with Crippen molar-refractivity contribution in [3.8, 4) is 10.4 Å². The van der Waals surface area contributed by atoms with E-state index in [1.807, 2.05) is 6.07 Å². The van der Waals surface area contributed by atoms with E-state index in [-0.39, 0.29) is 17.7 Å². The molecule has 0 radical (unpaired) electrons. The van der Waals surface area contributed by atoms with Crippen molar-refractivity contribution in [3.63, 3.8) is 0 Å². The molecular weight excluding hydrogens is 398 g/mol. The molecule has 0 aliphatic carbocycles. The molecule has 1 aromatic carbocycles. The number of hydrogen-bond donors (Lipinski definition) is 2. The maximum absolute atomic E-state index is 13.0. The highest BCUT2D eigenvalue weighted by atomic mass is 32.1. The van der Waals surface area contributed by atoms with Crippen molar-refractivity contribution in [1.82, 2.24) is 15.5 Å². The summed E-state index contributed by atoms with van der Waals surface area (Å²) in [5.41, 5.74) is 1.60. The van der Waals surface area contributed by atoms with E-state index in [1.165, 1.54) is 10.4 Å². The van der Waals surface area contributed by atoms with Crippen LogP contribution in [0.25, 0.3) is 10.4 Å². The van der Waals surface area contributed by atoms with Crippen LogP contribution in [0.5, 0.6) is 0 Å². The molecule has 2 N–H and O–H groups in total. The first kappa shape index (κ1) is 20.6. The van der Waals surface area contributed by atoms with Crippen molar-refractivity contribution in [3.05, 3.63) is 47.3 Å². The molecule has 0 saturated carbocycles. The molecule has 2 aromatic rings. The van der Waals surface area contributed by atoms with E-state index in [0.717, 1.165) is 18.4 Å². The van der Waals surface area contributed by atoms with E-state index < -0.39 is 11.5 Å². The maximum atomic E-state index is 13.0. The van der Waals surface area contributed by atoms with E-state index in [9.17, 15) is 14.4 Å². The zero-order valence-electron chi connectivity index (χ0n) is 17.1. The fourth-order valence-electron chi connectivity index (χ4n) is 4.64. The normalized spacial score (nSPS) is 23.8. The quantitative estimate of drug-likeness (QED) is 0.773. The van der Waals surface area contributed by atoms with E-state index in [4.69, 9.17) is 0 Å². The van der Waals surface area contributed by atoms with Gasteiger partial charge in [0.1, 0.15) is 6.04 Å². The van der Waals surface area contributed by atoms with Gasteiger partial charge in [-0.3, -0.25) is 14.4 Å². The monoisotopic (exact) mass is 425 g/mol. The number of piperidine rings is 1. The van der Waals surface area contributed by atoms with E-state index in [1.54, 1.807) is 23.3 Å². The van der Waals surface area contributed by atoms with Crippen molar-refractivity contribution in [2.24, 2.45) is 5.41 Å². The number of carbonyl (C=O) groups excluding carboxylic acids is 3. The molecule has 0 spiro atoms. The van der Waals surface area contributed by atoms with E-state index >= 15 is 0 Å². The minimum absolute atomic E-state index is 0.0298. The third-order valence-corrected chi connectivity index (χ3v) is 7.11. The lowest BCUT2D eigenvalue weighted by atomic mass is 9.74. The van der Waals surface area contributed by atoms with Gasteiger partial charge in [0.25, 0.3) is 0 Å². The summed E-state index contributed by atoms with van der Waals surface area (Å²) in [7, 11) is 1.65. The summed E-state index contributed by atoms with van der Waals surface area (Å²) in [6.07, 6.45) is 3.01. The molecule has 1 aromatic heterocycles. The molecule has 0 unspecified atom stereocenters. The van der Waals surface area contributed by atoms with Crippen LogP contribution in [0.3, 0.4) is 0 Å². The summed E-state index contributed by atoms with van der Waals surface area (Å²) >= 11 is 1.70. The summed E-state index contributed by atoms with van der Waals surface area (Å²) in [5, 5.41) is 7.64. The second-order valence-electron chi connectivity index (χ2n) is 8.23. The molecule has 2 aliphatic rings. The van der Waals surface area contributed by atoms with Gasteiger partial charge in [-0.2, -0.15) is 0 Å². The first-order valence-corrected chi connectivity index (χ1v) is 11.3. The molecule has 4 rings (SSSR count). The van der Waals surface area contributed by atoms with Gasteiger partial charge in [0.15, 0.2) is 0 Å². The van der Waals surface area contributed by atoms with Gasteiger partial charge < -0.3 is 15.5 Å². The Kier molecular flexibility index (Phi) is 5.90. The van der Waals surface area contributed by atoms with Crippen molar-refractivity contribution >= 4 is 29.1 Å². The molecule has 6 nitrogen and oxygen atoms in total. The second-order valence-corrected chi connectivity index (χ2v) is 9.18. The Morgan fingerprint density at radius 1 is 1.27 bits per heavy atom. The topological polar surface area (TPSA) is 78.5 Å². The maximum Gasteiger partial charge on any atom is 0.245 e. The highest BCUT2D eigenvalue weighted by Gasteiger charge is 2.44. The third-order valence-electron chi connectivity index (χ3n) is 6.19. The van der Waals surface area contributed by atoms with Gasteiger partial charge in [-0.1, -0.05) is 30.3 Å². The van der Waals surface area contributed by atoms with Crippen LogP contribution in [0.1, 0.15) is 31.2 Å². The summed E-state index contributed by atoms with van der Waals surface area (Å²) in [6, 6.07) is 12.0. The van der Waals surface area contributed by atoms with Crippen molar-refractivity contribution < 1.29 is 14.4 Å². The summed E-state index contributed by atoms with van der Waals surface area (Å²) in [6.45, 7) is 1.01. The van der Waals surface area contributed by atoms with Crippen LogP contribution < -0.4 is 10.6 Å². The predicted molar refractivity (Wildman–Crippen MR) is 117 cm³/mol. The lowest BCUT2D eigenvalue weighted by Gasteiger charge is -2.42. The molecule has 3 amide bonds. The Bertz CT molecular complexity index is 926. The van der Waals surface area contributed by atoms with Crippen LogP contribution in [0.4, 0.5) is 0 Å². The molecule has 7 heteroatoms. The Labute approximate surface area is 180 Å². The minimum Gasteiger partial charge on any atom is -0.359 e. The van der Waals surface area contributed by atoms with Crippen LogP contribution in [-0.4, -0.2) is 48.8 Å². The zero-order chi connectivity index (χ0) is 21.1. The fraction of sp³-hybridized carbons (Fsp3) is 0.435. The summed E-state index contributed by atoms with van der Waals surface area (Å²) in [5.74, 6) is -0.173. The SMILES string of the molecule is CNC(=O)[C@]1(Cc2ccc(-c3cccs3)cc2)CCCN(C(=O)[C@H]2CCC(=O)N2)C1. The van der Waals surface area contributed by atoms with Crippen LogP contribution in [0.2, 0.25) is 0 Å². The number of nitrogens with zero attached hydrogens (tertiary/aromatic N) is 1. The van der Waals surface area contributed by atoms with Gasteiger partial charge in [-0.05, 0) is 48.3 Å². The molecule has 2 fully saturated rings. The number of carbonyl (C=O) groups is 3. The van der Waals surface area contributed by atoms with Crippen molar-refractivity contribution in [2.45, 2.75) is 38.1 Å². The van der Waals surface area contributed by atoms with E-state index in [0.29, 0.717) is 32.4 Å². The Hall–Kier alpha value is -2.67. The highest BCUT2D eigenvalue weighted by Crippen LogP contribution is 2.35. The first-order valence-electron chi connectivity index (χ1n) is 10.4. The Balaban J connectivity index is 1.53. The molecule has 3 heterocycles. The molecule has 0 bridgehead atoms. The van der Waals surface area contributed by atoms with Crippen LogP contribution >= 0.6 is 11.3 Å². The lowest BCUT2D eigenvalue weighted by molar-refractivity contribution is -0.143. The zero-order valence-corrected chi connectivity index (χ0v) is 18.0. The average molecular weight is 426 g/mol. The number of benzene rings is 1. The van der Waals surface area contributed by atoms with Gasteiger partial charge in [-0.15, -0.1) is 11.3 Å². The Morgan fingerprint density at radius 3 is 2.70 bits per heavy atom. The van der Waals surface area contributed by atoms with Gasteiger partial charge in [0.05, 0.1) is 5.41 Å². The third kappa shape index (κ3) is 4.12. The Morgan fingerprint density at radius 2 is 2.07 bits per heavy atom. The van der Waals surface area contributed by atoms with Crippen LogP contribution in [0.15, 0.2) is 41.8 Å². The standard InChI is InChI=1S/C23H27N3O3S/c1-24-22(29)23(14-16-5-7-17(8-6-16)19-4-2-13-30-19)11-3-12-26(15-23)21(28)18-9-10-20(27)25-18/h2,4-8,13,18H,3,9-12,14-15H2,1H3,(H,24,29)(H,25,27)/t18-,23+/m1/s1. The molecule has 2 saturated heterocycles. The van der Waals surface area contributed by atoms with Crippen LogP contribution in [0, 0.1) is 5.41 Å². The molecule has 30 heavy (non-hydrogen) atoms. The average Bonchev–Trinajstić information content (AvgIpc) is 3.45. The fourth-order valence-corrected chi connectivity index (χ4v) is 5.37. The number of rotatable bonds is 5. The van der Waals surface area contributed by atoms with Gasteiger partial charge in [-0.25, -0.2) is 0 Å². The lowest BCUT2D eigenvalue weighted by Crippen LogP contribution is -2.56. The highest BCUT2D eigenvalue weighted by molar-refractivity contribution is 7.13. The number of nitrogens with one attached hydrogen (secondary N) is 2.